The topological polar surface area (TPSA) is 51.2 Å². The Morgan fingerprint density at radius 2 is 2.23 bits per heavy atom. The number of hydrogen-bond acceptors (Lipinski definition) is 4. The molecule has 1 heterocycles. The molecule has 1 amide bonds. The third kappa shape index (κ3) is 2.73. The van der Waals surface area contributed by atoms with Crippen LogP contribution >= 0.6 is 11.3 Å². The van der Waals surface area contributed by atoms with Gasteiger partial charge in [-0.05, 0) is 36.0 Å². The van der Waals surface area contributed by atoms with Crippen LogP contribution in [0.4, 0.5) is 0 Å². The molecule has 0 bridgehead atoms. The highest BCUT2D eigenvalue weighted by molar-refractivity contribution is 7.11. The van der Waals surface area contributed by atoms with Crippen molar-refractivity contribution >= 4 is 17.2 Å². The van der Waals surface area contributed by atoms with Crippen LogP contribution in [0.15, 0.2) is 23.7 Å². The van der Waals surface area contributed by atoms with E-state index in [1.165, 1.54) is 22.5 Å². The number of carbonyl (C=O) groups excluding carboxylic acids is 1. The second-order valence-corrected chi connectivity index (χ2v) is 6.75. The van der Waals surface area contributed by atoms with Crippen LogP contribution in [0.1, 0.15) is 46.3 Å². The Morgan fingerprint density at radius 1 is 1.41 bits per heavy atom. The largest absolute Gasteiger partial charge is 0.496 e. The number of aromatic nitrogens is 1. The standard InChI is InChI=1S/C17H20N2O2S/c1-10(2)15-16(22-9-18-15)17(20)19-12-7-11-5-4-6-14(21-3)13(11)8-12/h4-6,9-10,12H,7-8H2,1-3H3,(H,19,20). The van der Waals surface area contributed by atoms with E-state index in [0.29, 0.717) is 0 Å². The van der Waals surface area contributed by atoms with Crippen molar-refractivity contribution in [3.63, 3.8) is 0 Å². The Hall–Kier alpha value is -1.88. The van der Waals surface area contributed by atoms with Gasteiger partial charge in [-0.2, -0.15) is 0 Å². The lowest BCUT2D eigenvalue weighted by Crippen LogP contribution is -2.35. The van der Waals surface area contributed by atoms with Crippen molar-refractivity contribution in [2.45, 2.75) is 38.6 Å². The summed E-state index contributed by atoms with van der Waals surface area (Å²) in [7, 11) is 1.69. The monoisotopic (exact) mass is 316 g/mol. The lowest BCUT2D eigenvalue weighted by Gasteiger charge is -2.12. The molecule has 1 atom stereocenters. The quantitative estimate of drug-likeness (QED) is 0.942. The summed E-state index contributed by atoms with van der Waals surface area (Å²) < 4.78 is 5.41. The lowest BCUT2D eigenvalue weighted by molar-refractivity contribution is 0.0941. The molecule has 0 radical (unpaired) electrons. The maximum atomic E-state index is 12.5. The van der Waals surface area contributed by atoms with E-state index in [1.807, 2.05) is 12.1 Å². The molecule has 1 N–H and O–H groups in total. The van der Waals surface area contributed by atoms with Crippen LogP contribution in [0.3, 0.4) is 0 Å². The lowest BCUT2D eigenvalue weighted by atomic mass is 10.1. The van der Waals surface area contributed by atoms with Gasteiger partial charge in [0.2, 0.25) is 0 Å². The number of rotatable bonds is 4. The van der Waals surface area contributed by atoms with Gasteiger partial charge >= 0.3 is 0 Å². The van der Waals surface area contributed by atoms with Crippen molar-refractivity contribution in [3.05, 3.63) is 45.4 Å². The second kappa shape index (κ2) is 6.08. The van der Waals surface area contributed by atoms with Gasteiger partial charge in [-0.15, -0.1) is 11.3 Å². The van der Waals surface area contributed by atoms with Crippen LogP contribution in [-0.4, -0.2) is 24.0 Å². The average Bonchev–Trinajstić information content (AvgIpc) is 3.12. The highest BCUT2D eigenvalue weighted by atomic mass is 32.1. The summed E-state index contributed by atoms with van der Waals surface area (Å²) in [5, 5.41) is 3.15. The van der Waals surface area contributed by atoms with Crippen LogP contribution in [0.2, 0.25) is 0 Å². The summed E-state index contributed by atoms with van der Waals surface area (Å²) in [6.07, 6.45) is 1.68. The van der Waals surface area contributed by atoms with Crippen molar-refractivity contribution in [2.75, 3.05) is 7.11 Å². The molecule has 1 aromatic heterocycles. The summed E-state index contributed by atoms with van der Waals surface area (Å²) in [6.45, 7) is 4.12. The first-order valence-corrected chi connectivity index (χ1v) is 8.37. The number of nitrogens with zero attached hydrogens (tertiary/aromatic N) is 1. The number of carbonyl (C=O) groups is 1. The van der Waals surface area contributed by atoms with E-state index in [1.54, 1.807) is 12.6 Å². The number of ether oxygens (including phenoxy) is 1. The Morgan fingerprint density at radius 3 is 2.95 bits per heavy atom. The van der Waals surface area contributed by atoms with Crippen LogP contribution in [0.5, 0.6) is 5.75 Å². The summed E-state index contributed by atoms with van der Waals surface area (Å²) in [5.41, 5.74) is 5.11. The molecule has 1 aromatic carbocycles. The Balaban J connectivity index is 1.73. The Kier molecular flexibility index (Phi) is 4.16. The molecular formula is C17H20N2O2S. The average molecular weight is 316 g/mol. The van der Waals surface area contributed by atoms with Crippen LogP contribution in [0, 0.1) is 0 Å². The van der Waals surface area contributed by atoms with Gasteiger partial charge in [0, 0.05) is 6.04 Å². The number of benzene rings is 1. The molecule has 116 valence electrons. The van der Waals surface area contributed by atoms with E-state index in [0.717, 1.165) is 29.2 Å². The molecule has 3 rings (SSSR count). The summed E-state index contributed by atoms with van der Waals surface area (Å²) >= 11 is 1.41. The second-order valence-electron chi connectivity index (χ2n) is 5.90. The molecule has 1 aliphatic rings. The van der Waals surface area contributed by atoms with Gasteiger partial charge in [0.25, 0.3) is 5.91 Å². The van der Waals surface area contributed by atoms with E-state index in [9.17, 15) is 4.79 Å². The zero-order valence-corrected chi connectivity index (χ0v) is 13.9. The van der Waals surface area contributed by atoms with Gasteiger partial charge in [0.05, 0.1) is 18.3 Å². The number of thiazole rings is 1. The Bertz CT molecular complexity index is 694. The molecule has 1 unspecified atom stereocenters. The summed E-state index contributed by atoms with van der Waals surface area (Å²) in [6, 6.07) is 6.21. The molecule has 5 heteroatoms. The molecule has 0 aliphatic heterocycles. The first-order chi connectivity index (χ1) is 10.6. The number of methoxy groups -OCH3 is 1. The van der Waals surface area contributed by atoms with E-state index in [-0.39, 0.29) is 17.9 Å². The van der Waals surface area contributed by atoms with Crippen molar-refractivity contribution in [1.29, 1.82) is 0 Å². The fraction of sp³-hybridized carbons (Fsp3) is 0.412. The number of fused-ring (bicyclic) bond motifs is 1. The maximum absolute atomic E-state index is 12.5. The molecule has 22 heavy (non-hydrogen) atoms. The van der Waals surface area contributed by atoms with E-state index in [2.05, 4.69) is 30.2 Å². The van der Waals surface area contributed by atoms with E-state index in [4.69, 9.17) is 4.74 Å². The summed E-state index contributed by atoms with van der Waals surface area (Å²) in [5.74, 6) is 1.16. The SMILES string of the molecule is COc1cccc2c1CC(NC(=O)c1scnc1C(C)C)C2. The molecule has 2 aromatic rings. The Labute approximate surface area is 134 Å². The van der Waals surface area contributed by atoms with Crippen molar-refractivity contribution in [2.24, 2.45) is 0 Å². The van der Waals surface area contributed by atoms with Gasteiger partial charge in [0.1, 0.15) is 10.6 Å². The maximum Gasteiger partial charge on any atom is 0.263 e. The predicted molar refractivity (Wildman–Crippen MR) is 87.9 cm³/mol. The highest BCUT2D eigenvalue weighted by Gasteiger charge is 2.27. The van der Waals surface area contributed by atoms with Gasteiger partial charge < -0.3 is 10.1 Å². The van der Waals surface area contributed by atoms with E-state index < -0.39 is 0 Å². The smallest absolute Gasteiger partial charge is 0.263 e. The van der Waals surface area contributed by atoms with Crippen LogP contribution in [0.25, 0.3) is 0 Å². The van der Waals surface area contributed by atoms with Crippen LogP contribution in [-0.2, 0) is 12.8 Å². The zero-order chi connectivity index (χ0) is 15.7. The molecule has 1 aliphatic carbocycles. The first-order valence-electron chi connectivity index (χ1n) is 7.49. The van der Waals surface area contributed by atoms with Crippen molar-refractivity contribution < 1.29 is 9.53 Å². The molecule has 4 nitrogen and oxygen atoms in total. The van der Waals surface area contributed by atoms with Crippen molar-refractivity contribution in [1.82, 2.24) is 10.3 Å². The number of hydrogen-bond donors (Lipinski definition) is 1. The summed E-state index contributed by atoms with van der Waals surface area (Å²) in [4.78, 5) is 17.6. The fourth-order valence-electron chi connectivity index (χ4n) is 3.00. The van der Waals surface area contributed by atoms with Gasteiger partial charge in [0.15, 0.2) is 0 Å². The van der Waals surface area contributed by atoms with Crippen LogP contribution < -0.4 is 10.1 Å². The molecule has 0 saturated carbocycles. The minimum atomic E-state index is -0.0111. The van der Waals surface area contributed by atoms with Gasteiger partial charge in [-0.1, -0.05) is 26.0 Å². The zero-order valence-electron chi connectivity index (χ0n) is 13.1. The first kappa shape index (κ1) is 15.0. The van der Waals surface area contributed by atoms with Gasteiger partial charge in [-0.3, -0.25) is 4.79 Å². The minimum Gasteiger partial charge on any atom is -0.496 e. The fourth-order valence-corrected chi connectivity index (χ4v) is 3.85. The third-order valence-corrected chi connectivity index (χ3v) is 4.89. The molecule has 0 fully saturated rings. The normalized spacial score (nSPS) is 16.6. The van der Waals surface area contributed by atoms with Crippen molar-refractivity contribution in [3.8, 4) is 5.75 Å². The number of amides is 1. The molecular weight excluding hydrogens is 296 g/mol. The van der Waals surface area contributed by atoms with Gasteiger partial charge in [-0.25, -0.2) is 4.98 Å². The predicted octanol–water partition coefficient (Wildman–Crippen LogP) is 3.17. The highest BCUT2D eigenvalue weighted by Crippen LogP contribution is 2.31. The third-order valence-electron chi connectivity index (χ3n) is 4.05. The minimum absolute atomic E-state index is 0.0111. The molecule has 0 spiro atoms. The number of nitrogens with one attached hydrogen (secondary N) is 1. The molecule has 0 saturated heterocycles. The van der Waals surface area contributed by atoms with E-state index >= 15 is 0 Å².